The van der Waals surface area contributed by atoms with Crippen LogP contribution in [0.25, 0.3) is 0 Å². The Hall–Kier alpha value is -3.02. The van der Waals surface area contributed by atoms with Gasteiger partial charge in [0.05, 0.1) is 0 Å². The lowest BCUT2D eigenvalue weighted by molar-refractivity contribution is -0.131. The molecule has 0 heterocycles. The molecule has 0 spiro atoms. The molecule has 21 heavy (non-hydrogen) atoms. The van der Waals surface area contributed by atoms with Crippen LogP contribution in [-0.2, 0) is 4.79 Å². The normalized spacial score (nSPS) is 9.19. The Morgan fingerprint density at radius 3 is 2.10 bits per heavy atom. The average Bonchev–Trinajstić information content (AvgIpc) is 2.42. The first-order valence-electron chi connectivity index (χ1n) is 5.95. The minimum absolute atomic E-state index is 0.0160. The highest BCUT2D eigenvalue weighted by molar-refractivity contribution is 5.91. The Morgan fingerprint density at radius 2 is 1.62 bits per heavy atom. The molecule has 0 radical (unpaired) electrons. The van der Waals surface area contributed by atoms with Gasteiger partial charge in [0.25, 0.3) is 0 Å². The fourth-order valence-electron chi connectivity index (χ4n) is 1.36. The number of carboxylic acid groups (broad SMARTS) is 1. The van der Waals surface area contributed by atoms with Gasteiger partial charge in [0.15, 0.2) is 0 Å². The highest BCUT2D eigenvalue weighted by Gasteiger charge is 2.10. The summed E-state index contributed by atoms with van der Waals surface area (Å²) >= 11 is 0. The van der Waals surface area contributed by atoms with Crippen molar-refractivity contribution in [2.24, 2.45) is 0 Å². The highest BCUT2D eigenvalue weighted by Crippen LogP contribution is 2.17. The summed E-state index contributed by atoms with van der Waals surface area (Å²) in [6.45, 7) is 1.22. The van der Waals surface area contributed by atoms with E-state index in [1.54, 1.807) is 36.4 Å². The second kappa shape index (κ2) is 7.54. The van der Waals surface area contributed by atoms with Gasteiger partial charge in [-0.05, 0) is 36.4 Å². The van der Waals surface area contributed by atoms with Crippen LogP contribution in [0.3, 0.4) is 0 Å². The Morgan fingerprint density at radius 1 is 1.05 bits per heavy atom. The minimum Gasteiger partial charge on any atom is -0.508 e. The van der Waals surface area contributed by atoms with E-state index in [1.807, 2.05) is 0 Å². The molecule has 2 rings (SSSR count). The van der Waals surface area contributed by atoms with E-state index in [-0.39, 0.29) is 17.1 Å². The third-order valence-corrected chi connectivity index (χ3v) is 2.26. The molecule has 0 aliphatic rings. The first-order valence-corrected chi connectivity index (χ1v) is 5.95. The lowest BCUT2D eigenvalue weighted by atomic mass is 10.2. The fourth-order valence-corrected chi connectivity index (χ4v) is 1.36. The molecular formula is C15H15NO5. The van der Waals surface area contributed by atoms with Crippen LogP contribution in [-0.4, -0.2) is 22.2 Å². The molecule has 0 saturated heterocycles. The maximum atomic E-state index is 10.6. The van der Waals surface area contributed by atoms with Crippen molar-refractivity contribution in [3.63, 3.8) is 0 Å². The van der Waals surface area contributed by atoms with Crippen molar-refractivity contribution in [1.82, 2.24) is 0 Å². The molecule has 4 N–H and O–H groups in total. The predicted octanol–water partition coefficient (Wildman–Crippen LogP) is 2.28. The lowest BCUT2D eigenvalue weighted by Gasteiger charge is -2.03. The predicted molar refractivity (Wildman–Crippen MR) is 77.2 cm³/mol. The number of nitrogens with two attached hydrogens (primary N) is 1. The molecule has 2 aromatic rings. The standard InChI is InChI=1S/C9H8O4.C6H7NO/c1-6(10)13-8-5-3-2-4-7(8)9(11)12;7-5-1-3-6(8)4-2-5/h2-5H,1H3,(H,11,12);1-4,8H,7H2. The number of rotatable bonds is 2. The minimum atomic E-state index is -1.11. The quantitative estimate of drug-likeness (QED) is 0.338. The molecule has 0 saturated carbocycles. The number of para-hydroxylation sites is 1. The number of benzene rings is 2. The van der Waals surface area contributed by atoms with Crippen LogP contribution in [0, 0.1) is 0 Å². The number of aromatic carboxylic acids is 1. The zero-order valence-electron chi connectivity index (χ0n) is 11.3. The molecule has 0 bridgehead atoms. The van der Waals surface area contributed by atoms with E-state index in [0.29, 0.717) is 5.69 Å². The SMILES string of the molecule is CC(=O)Oc1ccccc1C(=O)O.Nc1ccc(O)cc1. The van der Waals surface area contributed by atoms with Crippen LogP contribution in [0.15, 0.2) is 48.5 Å². The number of phenols is 1. The molecule has 2 aromatic carbocycles. The number of nitrogen functional groups attached to an aromatic ring is 1. The molecule has 0 aliphatic heterocycles. The Labute approximate surface area is 121 Å². The van der Waals surface area contributed by atoms with Gasteiger partial charge in [-0.2, -0.15) is 0 Å². The van der Waals surface area contributed by atoms with Gasteiger partial charge in [0.2, 0.25) is 0 Å². The van der Waals surface area contributed by atoms with E-state index in [0.717, 1.165) is 0 Å². The van der Waals surface area contributed by atoms with Crippen LogP contribution in [0.2, 0.25) is 0 Å². The van der Waals surface area contributed by atoms with E-state index in [1.165, 1.54) is 19.1 Å². The summed E-state index contributed by atoms with van der Waals surface area (Å²) in [7, 11) is 0. The van der Waals surface area contributed by atoms with Gasteiger partial charge in [0, 0.05) is 12.6 Å². The summed E-state index contributed by atoms with van der Waals surface area (Å²) in [5.41, 5.74) is 5.97. The molecular weight excluding hydrogens is 274 g/mol. The number of esters is 1. The van der Waals surface area contributed by atoms with Crippen LogP contribution in [0.5, 0.6) is 11.5 Å². The monoisotopic (exact) mass is 289 g/mol. The second-order valence-electron chi connectivity index (χ2n) is 3.99. The van der Waals surface area contributed by atoms with Gasteiger partial charge in [-0.15, -0.1) is 0 Å². The molecule has 6 nitrogen and oxygen atoms in total. The largest absolute Gasteiger partial charge is 0.508 e. The number of hydrogen-bond donors (Lipinski definition) is 3. The van der Waals surface area contributed by atoms with Gasteiger partial charge < -0.3 is 20.7 Å². The Bertz CT molecular complexity index is 601. The van der Waals surface area contributed by atoms with Crippen molar-refractivity contribution < 1.29 is 24.5 Å². The molecule has 0 aromatic heterocycles. The summed E-state index contributed by atoms with van der Waals surface area (Å²) < 4.78 is 4.69. The zero-order valence-corrected chi connectivity index (χ0v) is 11.3. The van der Waals surface area contributed by atoms with Crippen LogP contribution >= 0.6 is 0 Å². The third-order valence-electron chi connectivity index (χ3n) is 2.26. The van der Waals surface area contributed by atoms with Gasteiger partial charge in [-0.1, -0.05) is 12.1 Å². The molecule has 0 fully saturated rings. The lowest BCUT2D eigenvalue weighted by Crippen LogP contribution is -2.06. The van der Waals surface area contributed by atoms with Crippen LogP contribution in [0.4, 0.5) is 5.69 Å². The number of carbonyl (C=O) groups excluding carboxylic acids is 1. The van der Waals surface area contributed by atoms with Gasteiger partial charge in [0.1, 0.15) is 17.1 Å². The molecule has 0 aliphatic carbocycles. The number of carboxylic acids is 1. The van der Waals surface area contributed by atoms with Gasteiger partial charge in [-0.25, -0.2) is 4.79 Å². The Balaban J connectivity index is 0.000000235. The maximum absolute atomic E-state index is 10.6. The molecule has 110 valence electrons. The molecule has 0 atom stereocenters. The number of phenolic OH excluding ortho intramolecular Hbond substituents is 1. The van der Waals surface area contributed by atoms with Crippen molar-refractivity contribution in [1.29, 1.82) is 0 Å². The van der Waals surface area contributed by atoms with Crippen molar-refractivity contribution in [3.05, 3.63) is 54.1 Å². The Kier molecular flexibility index (Phi) is 5.76. The van der Waals surface area contributed by atoms with E-state index in [9.17, 15) is 9.59 Å². The van der Waals surface area contributed by atoms with Crippen LogP contribution < -0.4 is 10.5 Å². The summed E-state index contributed by atoms with van der Waals surface area (Å²) in [4.78, 5) is 21.2. The average molecular weight is 289 g/mol. The topological polar surface area (TPSA) is 110 Å². The highest BCUT2D eigenvalue weighted by atomic mass is 16.5. The van der Waals surface area contributed by atoms with E-state index < -0.39 is 11.9 Å². The number of hydrogen-bond acceptors (Lipinski definition) is 5. The third kappa shape index (κ3) is 5.65. The molecule has 0 unspecified atom stereocenters. The zero-order chi connectivity index (χ0) is 15.8. The van der Waals surface area contributed by atoms with E-state index >= 15 is 0 Å². The van der Waals surface area contributed by atoms with Gasteiger partial charge >= 0.3 is 11.9 Å². The first-order chi connectivity index (χ1) is 9.90. The van der Waals surface area contributed by atoms with Crippen molar-refractivity contribution in [2.75, 3.05) is 5.73 Å². The van der Waals surface area contributed by atoms with E-state index in [2.05, 4.69) is 4.74 Å². The van der Waals surface area contributed by atoms with Crippen LogP contribution in [0.1, 0.15) is 17.3 Å². The second-order valence-corrected chi connectivity index (χ2v) is 3.99. The molecule has 6 heteroatoms. The van der Waals surface area contributed by atoms with Crippen molar-refractivity contribution >= 4 is 17.6 Å². The summed E-state index contributed by atoms with van der Waals surface area (Å²) in [6, 6.07) is 12.4. The summed E-state index contributed by atoms with van der Waals surface area (Å²) in [5, 5.41) is 17.4. The van der Waals surface area contributed by atoms with E-state index in [4.69, 9.17) is 15.9 Å². The summed E-state index contributed by atoms with van der Waals surface area (Å²) in [5.74, 6) is -1.33. The molecule has 0 amide bonds. The number of aromatic hydroxyl groups is 1. The number of ether oxygens (including phenoxy) is 1. The maximum Gasteiger partial charge on any atom is 0.339 e. The smallest absolute Gasteiger partial charge is 0.339 e. The van der Waals surface area contributed by atoms with Gasteiger partial charge in [-0.3, -0.25) is 4.79 Å². The van der Waals surface area contributed by atoms with Crippen molar-refractivity contribution in [3.8, 4) is 11.5 Å². The summed E-state index contributed by atoms with van der Waals surface area (Å²) in [6.07, 6.45) is 0. The first kappa shape index (κ1) is 16.0. The number of carbonyl (C=O) groups is 2. The number of anilines is 1. The van der Waals surface area contributed by atoms with Crippen molar-refractivity contribution in [2.45, 2.75) is 6.92 Å². The fraction of sp³-hybridized carbons (Fsp3) is 0.0667.